The van der Waals surface area contributed by atoms with E-state index < -0.39 is 40.2 Å². The van der Waals surface area contributed by atoms with Gasteiger partial charge in [0.25, 0.3) is 10.0 Å². The van der Waals surface area contributed by atoms with Crippen molar-refractivity contribution in [2.45, 2.75) is 31.3 Å². The number of benzene rings is 3. The number of nitrogens with one attached hydrogen (secondary N) is 1. The van der Waals surface area contributed by atoms with Crippen molar-refractivity contribution < 1.29 is 22.4 Å². The maximum absolute atomic E-state index is 13.7. The summed E-state index contributed by atoms with van der Waals surface area (Å²) in [4.78, 5) is 27.3. The summed E-state index contributed by atoms with van der Waals surface area (Å²) in [5.41, 5.74) is 1.58. The van der Waals surface area contributed by atoms with E-state index in [-0.39, 0.29) is 22.2 Å². The Morgan fingerprint density at radius 3 is 2.19 bits per heavy atom. The first-order valence-corrected chi connectivity index (χ1v) is 13.0. The van der Waals surface area contributed by atoms with Crippen LogP contribution in [-0.4, -0.2) is 44.8 Å². The molecule has 0 saturated carbocycles. The van der Waals surface area contributed by atoms with Crippen molar-refractivity contribution in [3.8, 4) is 0 Å². The van der Waals surface area contributed by atoms with Crippen LogP contribution in [0, 0.1) is 12.7 Å². The van der Waals surface area contributed by atoms with E-state index >= 15 is 0 Å². The van der Waals surface area contributed by atoms with Crippen LogP contribution in [0.15, 0.2) is 77.7 Å². The van der Waals surface area contributed by atoms with Crippen LogP contribution in [0.1, 0.15) is 18.1 Å². The summed E-state index contributed by atoms with van der Waals surface area (Å²) in [6.45, 7) is 2.73. The maximum Gasteiger partial charge on any atom is 0.264 e. The third kappa shape index (κ3) is 6.22. The fourth-order valence-electron chi connectivity index (χ4n) is 3.58. The molecule has 190 valence electrons. The van der Waals surface area contributed by atoms with Crippen LogP contribution in [0.25, 0.3) is 0 Å². The molecule has 2 amide bonds. The summed E-state index contributed by atoms with van der Waals surface area (Å²) in [7, 11) is -2.76. The Bertz CT molecular complexity index is 1330. The van der Waals surface area contributed by atoms with Gasteiger partial charge in [-0.05, 0) is 55.8 Å². The highest BCUT2D eigenvalue weighted by Crippen LogP contribution is 2.30. The summed E-state index contributed by atoms with van der Waals surface area (Å²) in [5.74, 6) is -1.51. The molecule has 3 aromatic rings. The maximum atomic E-state index is 13.7. The molecule has 0 saturated heterocycles. The number of carbonyl (C=O) groups is 2. The van der Waals surface area contributed by atoms with Crippen LogP contribution < -0.4 is 9.62 Å². The summed E-state index contributed by atoms with van der Waals surface area (Å²) < 4.78 is 41.7. The Hall–Kier alpha value is -3.43. The second-order valence-corrected chi connectivity index (χ2v) is 10.5. The van der Waals surface area contributed by atoms with Crippen LogP contribution in [0.4, 0.5) is 10.1 Å². The number of anilines is 1. The first kappa shape index (κ1) is 27.2. The zero-order valence-corrected chi connectivity index (χ0v) is 21.7. The second-order valence-electron chi connectivity index (χ2n) is 8.21. The van der Waals surface area contributed by atoms with E-state index in [1.54, 1.807) is 24.3 Å². The molecule has 10 heteroatoms. The zero-order valence-electron chi connectivity index (χ0n) is 20.1. The summed E-state index contributed by atoms with van der Waals surface area (Å²) in [6.07, 6.45) is 0. The highest BCUT2D eigenvalue weighted by Gasteiger charge is 2.33. The van der Waals surface area contributed by atoms with Crippen LogP contribution in [0.5, 0.6) is 0 Å². The molecule has 0 spiro atoms. The van der Waals surface area contributed by atoms with E-state index in [9.17, 15) is 22.4 Å². The number of nitrogens with zero attached hydrogens (tertiary/aromatic N) is 2. The lowest BCUT2D eigenvalue weighted by molar-refractivity contribution is -0.139. The molecule has 0 unspecified atom stereocenters. The largest absolute Gasteiger partial charge is 0.357 e. The van der Waals surface area contributed by atoms with Crippen molar-refractivity contribution in [2.75, 3.05) is 17.9 Å². The summed E-state index contributed by atoms with van der Waals surface area (Å²) >= 11 is 6.35. The van der Waals surface area contributed by atoms with Crippen molar-refractivity contribution in [1.29, 1.82) is 0 Å². The van der Waals surface area contributed by atoms with Crippen molar-refractivity contribution >= 4 is 39.1 Å². The predicted molar refractivity (Wildman–Crippen MR) is 138 cm³/mol. The van der Waals surface area contributed by atoms with E-state index in [4.69, 9.17) is 11.6 Å². The minimum Gasteiger partial charge on any atom is -0.357 e. The number of rotatable bonds is 9. The molecule has 3 rings (SSSR count). The number of amides is 2. The van der Waals surface area contributed by atoms with Gasteiger partial charge in [-0.1, -0.05) is 53.6 Å². The molecule has 0 fully saturated rings. The first-order valence-electron chi connectivity index (χ1n) is 11.1. The van der Waals surface area contributed by atoms with Gasteiger partial charge in [0.05, 0.1) is 15.6 Å². The standard InChI is InChI=1S/C26H27ClFN3O4S/c1-18-8-14-22(15-9-18)36(34,35)31(24-7-5-4-6-23(24)27)17-25(32)30(19(2)26(33)29-3)16-20-10-12-21(28)13-11-20/h4-15,19H,16-17H2,1-3H3,(H,29,33)/t19-/m0/s1. The Morgan fingerprint density at radius 2 is 1.61 bits per heavy atom. The molecule has 0 aromatic heterocycles. The van der Waals surface area contributed by atoms with Crippen LogP contribution >= 0.6 is 11.6 Å². The lowest BCUT2D eigenvalue weighted by Gasteiger charge is -2.32. The molecule has 0 radical (unpaired) electrons. The van der Waals surface area contributed by atoms with Crippen molar-refractivity contribution in [2.24, 2.45) is 0 Å². The fourth-order valence-corrected chi connectivity index (χ4v) is 5.30. The van der Waals surface area contributed by atoms with Gasteiger partial charge in [0, 0.05) is 13.6 Å². The number of halogens is 2. The van der Waals surface area contributed by atoms with Crippen LogP contribution in [0.2, 0.25) is 5.02 Å². The average molecular weight is 532 g/mol. The first-order chi connectivity index (χ1) is 17.0. The van der Waals surface area contributed by atoms with E-state index in [1.165, 1.54) is 67.4 Å². The minimum atomic E-state index is -4.20. The molecule has 0 bridgehead atoms. The number of para-hydroxylation sites is 1. The summed E-state index contributed by atoms with van der Waals surface area (Å²) in [6, 6.07) is 17.1. The van der Waals surface area contributed by atoms with Gasteiger partial charge in [0.2, 0.25) is 11.8 Å². The molecule has 0 aliphatic carbocycles. The molecule has 0 aliphatic heterocycles. The lowest BCUT2D eigenvalue weighted by Crippen LogP contribution is -2.50. The van der Waals surface area contributed by atoms with Gasteiger partial charge in [-0.15, -0.1) is 0 Å². The molecule has 1 N–H and O–H groups in total. The molecular weight excluding hydrogens is 505 g/mol. The van der Waals surface area contributed by atoms with Crippen LogP contribution in [0.3, 0.4) is 0 Å². The lowest BCUT2D eigenvalue weighted by atomic mass is 10.1. The van der Waals surface area contributed by atoms with E-state index in [0.29, 0.717) is 5.56 Å². The number of sulfonamides is 1. The minimum absolute atomic E-state index is 0.00902. The summed E-state index contributed by atoms with van der Waals surface area (Å²) in [5, 5.41) is 2.65. The number of hydrogen-bond acceptors (Lipinski definition) is 4. The molecule has 3 aromatic carbocycles. The highest BCUT2D eigenvalue weighted by molar-refractivity contribution is 7.92. The van der Waals surface area contributed by atoms with Gasteiger partial charge < -0.3 is 10.2 Å². The van der Waals surface area contributed by atoms with Gasteiger partial charge in [0.1, 0.15) is 18.4 Å². The SMILES string of the molecule is CNC(=O)[C@H](C)N(Cc1ccc(F)cc1)C(=O)CN(c1ccccc1Cl)S(=O)(=O)c1ccc(C)cc1. The van der Waals surface area contributed by atoms with Crippen molar-refractivity contribution in [3.63, 3.8) is 0 Å². The Morgan fingerprint density at radius 1 is 1.00 bits per heavy atom. The Labute approximate surface area is 215 Å². The number of aryl methyl sites for hydroxylation is 1. The zero-order chi connectivity index (χ0) is 26.5. The van der Waals surface area contributed by atoms with E-state index in [0.717, 1.165) is 9.87 Å². The Kier molecular flexibility index (Phi) is 8.70. The predicted octanol–water partition coefficient (Wildman–Crippen LogP) is 4.15. The smallest absolute Gasteiger partial charge is 0.264 e. The average Bonchev–Trinajstić information content (AvgIpc) is 2.86. The van der Waals surface area contributed by atoms with Crippen molar-refractivity contribution in [3.05, 3.63) is 94.8 Å². The number of likely N-dealkylation sites (N-methyl/N-ethyl adjacent to an activating group) is 1. The van der Waals surface area contributed by atoms with Gasteiger partial charge in [-0.3, -0.25) is 13.9 Å². The second kappa shape index (κ2) is 11.5. The van der Waals surface area contributed by atoms with E-state index in [2.05, 4.69) is 5.32 Å². The Balaban J connectivity index is 2.04. The quantitative estimate of drug-likeness (QED) is 0.449. The highest BCUT2D eigenvalue weighted by atomic mass is 35.5. The topological polar surface area (TPSA) is 86.8 Å². The van der Waals surface area contributed by atoms with E-state index in [1.807, 2.05) is 6.92 Å². The van der Waals surface area contributed by atoms with Gasteiger partial charge in [0.15, 0.2) is 0 Å². The number of carbonyl (C=O) groups excluding carboxylic acids is 2. The molecule has 7 nitrogen and oxygen atoms in total. The fraction of sp³-hybridized carbons (Fsp3) is 0.231. The normalized spacial score (nSPS) is 12.0. The van der Waals surface area contributed by atoms with Crippen LogP contribution in [-0.2, 0) is 26.2 Å². The van der Waals surface area contributed by atoms with Gasteiger partial charge in [-0.2, -0.15) is 0 Å². The molecule has 0 aliphatic rings. The monoisotopic (exact) mass is 531 g/mol. The molecule has 1 atom stereocenters. The van der Waals surface area contributed by atoms with Crippen molar-refractivity contribution in [1.82, 2.24) is 10.2 Å². The molecular formula is C26H27ClFN3O4S. The number of hydrogen-bond donors (Lipinski definition) is 1. The van der Waals surface area contributed by atoms with Gasteiger partial charge in [-0.25, -0.2) is 12.8 Å². The molecule has 0 heterocycles. The molecule has 36 heavy (non-hydrogen) atoms. The third-order valence-corrected chi connectivity index (χ3v) is 7.78. The van der Waals surface area contributed by atoms with Gasteiger partial charge >= 0.3 is 0 Å². The third-order valence-electron chi connectivity index (χ3n) is 5.69.